The molecule has 1 saturated heterocycles. The minimum Gasteiger partial charge on any atom is -0.468 e. The first kappa shape index (κ1) is 18.2. The summed E-state index contributed by atoms with van der Waals surface area (Å²) in [4.78, 5) is 9.04. The van der Waals surface area contributed by atoms with Gasteiger partial charge in [0.2, 0.25) is 0 Å². The molecule has 0 aromatic carbocycles. The largest absolute Gasteiger partial charge is 0.468 e. The summed E-state index contributed by atoms with van der Waals surface area (Å²) in [5.74, 6) is 3.83. The van der Waals surface area contributed by atoms with Crippen LogP contribution < -0.4 is 5.32 Å². The normalized spacial score (nSPS) is 21.1. The van der Waals surface area contributed by atoms with E-state index in [9.17, 15) is 0 Å². The van der Waals surface area contributed by atoms with Gasteiger partial charge in [-0.3, -0.25) is 9.89 Å². The molecule has 2 rings (SSSR count). The van der Waals surface area contributed by atoms with Crippen molar-refractivity contribution in [3.8, 4) is 0 Å². The molecule has 1 aliphatic heterocycles. The van der Waals surface area contributed by atoms with Crippen LogP contribution in [0.1, 0.15) is 25.6 Å². The van der Waals surface area contributed by atoms with E-state index in [4.69, 9.17) is 4.42 Å². The quantitative estimate of drug-likeness (QED) is 0.660. The zero-order valence-corrected chi connectivity index (χ0v) is 15.8. The zero-order valence-electron chi connectivity index (χ0n) is 15.0. The first-order valence-electron chi connectivity index (χ1n) is 8.30. The van der Waals surface area contributed by atoms with E-state index in [0.717, 1.165) is 31.4 Å². The van der Waals surface area contributed by atoms with Crippen LogP contribution in [0, 0.1) is 5.92 Å². The maximum atomic E-state index is 5.58. The Morgan fingerprint density at radius 3 is 2.87 bits per heavy atom. The molecule has 0 radical (unpaired) electrons. The van der Waals surface area contributed by atoms with E-state index < -0.39 is 0 Å². The Kier molecular flexibility index (Phi) is 6.84. The SMILES string of the molecule is CN=C(NCC(c1ccco1)N(C)C)N1CCSC(C(C)C)C1. The second kappa shape index (κ2) is 8.64. The van der Waals surface area contributed by atoms with E-state index in [1.165, 1.54) is 5.75 Å². The Morgan fingerprint density at radius 1 is 1.52 bits per heavy atom. The maximum absolute atomic E-state index is 5.58. The Labute approximate surface area is 144 Å². The van der Waals surface area contributed by atoms with E-state index in [2.05, 4.69) is 59.8 Å². The molecule has 6 heteroatoms. The summed E-state index contributed by atoms with van der Waals surface area (Å²) in [6.45, 7) is 7.51. The third-order valence-electron chi connectivity index (χ3n) is 4.30. The molecule has 1 fully saturated rings. The van der Waals surface area contributed by atoms with Gasteiger partial charge in [0.15, 0.2) is 5.96 Å². The van der Waals surface area contributed by atoms with Gasteiger partial charge in [-0.25, -0.2) is 0 Å². The van der Waals surface area contributed by atoms with Crippen molar-refractivity contribution >= 4 is 17.7 Å². The fourth-order valence-corrected chi connectivity index (χ4v) is 4.11. The van der Waals surface area contributed by atoms with Gasteiger partial charge in [0.25, 0.3) is 0 Å². The number of guanidine groups is 1. The summed E-state index contributed by atoms with van der Waals surface area (Å²) in [6, 6.07) is 4.17. The van der Waals surface area contributed by atoms with Crippen molar-refractivity contribution < 1.29 is 4.42 Å². The van der Waals surface area contributed by atoms with Crippen molar-refractivity contribution in [2.75, 3.05) is 46.5 Å². The second-order valence-corrected chi connectivity index (χ2v) is 7.87. The highest BCUT2D eigenvalue weighted by Crippen LogP contribution is 2.25. The first-order chi connectivity index (χ1) is 11.0. The molecule has 0 bridgehead atoms. The Bertz CT molecular complexity index is 487. The number of rotatable bonds is 5. The molecule has 130 valence electrons. The minimum atomic E-state index is 0.196. The van der Waals surface area contributed by atoms with Gasteiger partial charge >= 0.3 is 0 Å². The van der Waals surface area contributed by atoms with Crippen molar-refractivity contribution in [2.45, 2.75) is 25.1 Å². The third kappa shape index (κ3) is 4.91. The van der Waals surface area contributed by atoms with Crippen LogP contribution in [0.5, 0.6) is 0 Å². The number of thioether (sulfide) groups is 1. The van der Waals surface area contributed by atoms with Crippen LogP contribution >= 0.6 is 11.8 Å². The predicted octanol–water partition coefficient (Wildman–Crippen LogP) is 2.53. The topological polar surface area (TPSA) is 44.0 Å². The average Bonchev–Trinajstić information content (AvgIpc) is 3.05. The molecule has 2 unspecified atom stereocenters. The molecule has 1 N–H and O–H groups in total. The first-order valence-corrected chi connectivity index (χ1v) is 9.34. The summed E-state index contributed by atoms with van der Waals surface area (Å²) in [5, 5.41) is 4.21. The lowest BCUT2D eigenvalue weighted by atomic mass is 10.1. The van der Waals surface area contributed by atoms with Gasteiger partial charge in [-0.15, -0.1) is 0 Å². The van der Waals surface area contributed by atoms with Crippen LogP contribution in [-0.2, 0) is 0 Å². The minimum absolute atomic E-state index is 0.196. The molecular formula is C17H30N4OS. The number of nitrogens with one attached hydrogen (secondary N) is 1. The lowest BCUT2D eigenvalue weighted by Crippen LogP contribution is -2.50. The molecule has 1 aromatic heterocycles. The van der Waals surface area contributed by atoms with Crippen molar-refractivity contribution in [3.05, 3.63) is 24.2 Å². The van der Waals surface area contributed by atoms with Crippen LogP contribution in [0.15, 0.2) is 27.8 Å². The molecule has 0 amide bonds. The summed E-state index contributed by atoms with van der Waals surface area (Å²) >= 11 is 2.08. The van der Waals surface area contributed by atoms with E-state index in [1.807, 2.05) is 19.2 Å². The van der Waals surface area contributed by atoms with Gasteiger partial charge < -0.3 is 14.6 Å². The molecule has 0 aliphatic carbocycles. The van der Waals surface area contributed by atoms with Crippen molar-refractivity contribution in [1.29, 1.82) is 0 Å². The van der Waals surface area contributed by atoms with Gasteiger partial charge in [0.1, 0.15) is 5.76 Å². The van der Waals surface area contributed by atoms with Gasteiger partial charge in [0, 0.05) is 37.7 Å². The van der Waals surface area contributed by atoms with E-state index in [0.29, 0.717) is 11.2 Å². The van der Waals surface area contributed by atoms with E-state index in [-0.39, 0.29) is 6.04 Å². The van der Waals surface area contributed by atoms with Gasteiger partial charge in [-0.05, 0) is 32.1 Å². The molecule has 0 saturated carbocycles. The van der Waals surface area contributed by atoms with Gasteiger partial charge in [0.05, 0.1) is 12.3 Å². The zero-order chi connectivity index (χ0) is 16.8. The number of hydrogen-bond acceptors (Lipinski definition) is 4. The summed E-state index contributed by atoms with van der Waals surface area (Å²) < 4.78 is 5.58. The smallest absolute Gasteiger partial charge is 0.193 e. The molecule has 2 atom stereocenters. The molecule has 0 spiro atoms. The molecular weight excluding hydrogens is 308 g/mol. The molecule has 1 aliphatic rings. The van der Waals surface area contributed by atoms with Crippen LogP contribution in [-0.4, -0.2) is 67.5 Å². The van der Waals surface area contributed by atoms with Crippen molar-refractivity contribution in [1.82, 2.24) is 15.1 Å². The third-order valence-corrected chi connectivity index (χ3v) is 5.84. The van der Waals surface area contributed by atoms with E-state index in [1.54, 1.807) is 6.26 Å². The lowest BCUT2D eigenvalue weighted by Gasteiger charge is -2.37. The number of hydrogen-bond donors (Lipinski definition) is 1. The van der Waals surface area contributed by atoms with E-state index >= 15 is 0 Å². The van der Waals surface area contributed by atoms with Gasteiger partial charge in [-0.1, -0.05) is 13.8 Å². The van der Waals surface area contributed by atoms with Crippen molar-refractivity contribution in [3.63, 3.8) is 0 Å². The van der Waals surface area contributed by atoms with Crippen molar-refractivity contribution in [2.24, 2.45) is 10.9 Å². The van der Waals surface area contributed by atoms with Crippen LogP contribution in [0.2, 0.25) is 0 Å². The summed E-state index contributed by atoms with van der Waals surface area (Å²) in [5.41, 5.74) is 0. The summed E-state index contributed by atoms with van der Waals surface area (Å²) in [6.07, 6.45) is 1.73. The highest BCUT2D eigenvalue weighted by atomic mass is 32.2. The number of furan rings is 1. The molecule has 2 heterocycles. The number of likely N-dealkylation sites (N-methyl/N-ethyl adjacent to an activating group) is 1. The highest BCUT2D eigenvalue weighted by molar-refractivity contribution is 8.00. The highest BCUT2D eigenvalue weighted by Gasteiger charge is 2.25. The van der Waals surface area contributed by atoms with Crippen LogP contribution in [0.3, 0.4) is 0 Å². The van der Waals surface area contributed by atoms with Crippen LogP contribution in [0.25, 0.3) is 0 Å². The fraction of sp³-hybridized carbons (Fsp3) is 0.706. The Hall–Kier alpha value is -1.14. The monoisotopic (exact) mass is 338 g/mol. The number of aliphatic imine (C=N–C) groups is 1. The molecule has 23 heavy (non-hydrogen) atoms. The number of nitrogens with zero attached hydrogens (tertiary/aromatic N) is 3. The van der Waals surface area contributed by atoms with Gasteiger partial charge in [-0.2, -0.15) is 11.8 Å². The molecule has 5 nitrogen and oxygen atoms in total. The van der Waals surface area contributed by atoms with Crippen LogP contribution in [0.4, 0.5) is 0 Å². The standard InChI is InChI=1S/C17H30N4OS/c1-13(2)16-12-21(8-10-23-16)17(18-3)19-11-14(20(4)5)15-7-6-9-22-15/h6-7,9,13-14,16H,8,10-12H2,1-5H3,(H,18,19). The Balaban J connectivity index is 1.96. The second-order valence-electron chi connectivity index (χ2n) is 6.52. The fourth-order valence-electron chi connectivity index (χ4n) is 2.81. The average molecular weight is 339 g/mol. The molecule has 1 aromatic rings. The lowest BCUT2D eigenvalue weighted by molar-refractivity contribution is 0.255. The predicted molar refractivity (Wildman–Crippen MR) is 99.2 cm³/mol. The summed E-state index contributed by atoms with van der Waals surface area (Å²) in [7, 11) is 6.01. The Morgan fingerprint density at radius 2 is 2.30 bits per heavy atom. The maximum Gasteiger partial charge on any atom is 0.193 e.